The summed E-state index contributed by atoms with van der Waals surface area (Å²) in [5.41, 5.74) is 2.67. The van der Waals surface area contributed by atoms with Crippen LogP contribution in [0.4, 0.5) is 0 Å². The molecule has 1 saturated heterocycles. The van der Waals surface area contributed by atoms with Crippen LogP contribution in [0, 0.1) is 0 Å². The molecule has 1 heterocycles. The number of esters is 1. The average Bonchev–Trinajstić information content (AvgIpc) is 2.80. The number of ether oxygens (including phenoxy) is 2. The van der Waals surface area contributed by atoms with Crippen molar-refractivity contribution in [3.05, 3.63) is 71.3 Å². The molecule has 0 saturated carbocycles. The zero-order chi connectivity index (χ0) is 22.1. The first kappa shape index (κ1) is 23.0. The first-order valence-electron chi connectivity index (χ1n) is 11.1. The van der Waals surface area contributed by atoms with E-state index in [-0.39, 0.29) is 11.9 Å². The Morgan fingerprint density at radius 3 is 2.39 bits per heavy atom. The van der Waals surface area contributed by atoms with Gasteiger partial charge in [0.25, 0.3) is 5.91 Å². The fourth-order valence-corrected chi connectivity index (χ4v) is 3.75. The van der Waals surface area contributed by atoms with Crippen molar-refractivity contribution in [1.82, 2.24) is 5.32 Å². The van der Waals surface area contributed by atoms with Gasteiger partial charge in [-0.15, -0.1) is 0 Å². The van der Waals surface area contributed by atoms with Gasteiger partial charge < -0.3 is 19.7 Å². The zero-order valence-corrected chi connectivity index (χ0v) is 18.4. The van der Waals surface area contributed by atoms with E-state index in [0.29, 0.717) is 5.56 Å². The minimum Gasteiger partial charge on any atom is -0.449 e. The summed E-state index contributed by atoms with van der Waals surface area (Å²) < 4.78 is 10.8. The van der Waals surface area contributed by atoms with Crippen molar-refractivity contribution in [3.8, 4) is 0 Å². The maximum atomic E-state index is 12.6. The summed E-state index contributed by atoms with van der Waals surface area (Å²) in [4.78, 5) is 26.6. The molecule has 0 unspecified atom stereocenters. The van der Waals surface area contributed by atoms with Crippen LogP contribution in [-0.2, 0) is 20.8 Å². The number of quaternary nitrogens is 1. The van der Waals surface area contributed by atoms with E-state index in [0.717, 1.165) is 51.3 Å². The van der Waals surface area contributed by atoms with Crippen molar-refractivity contribution in [2.45, 2.75) is 45.4 Å². The first-order valence-corrected chi connectivity index (χ1v) is 11.1. The molecule has 1 fully saturated rings. The van der Waals surface area contributed by atoms with E-state index >= 15 is 0 Å². The van der Waals surface area contributed by atoms with Gasteiger partial charge in [-0.3, -0.25) is 4.79 Å². The van der Waals surface area contributed by atoms with Crippen LogP contribution in [0.5, 0.6) is 0 Å². The van der Waals surface area contributed by atoms with Crippen molar-refractivity contribution < 1.29 is 24.0 Å². The Labute approximate surface area is 184 Å². The lowest BCUT2D eigenvalue weighted by atomic mass is 10.0. The second kappa shape index (κ2) is 11.6. The highest BCUT2D eigenvalue weighted by molar-refractivity contribution is 5.92. The molecule has 0 radical (unpaired) electrons. The molecule has 2 atom stereocenters. The molecule has 166 valence electrons. The third-order valence-electron chi connectivity index (χ3n) is 5.59. The minimum absolute atomic E-state index is 0.0955. The molecule has 1 amide bonds. The SMILES string of the molecule is CCC[C@H](NC(=O)[C@@H](C)OC(=O)c1ccc(C[NH+]2CCOCC2)cc1)c1ccccc1. The van der Waals surface area contributed by atoms with Gasteiger partial charge in [-0.1, -0.05) is 55.8 Å². The van der Waals surface area contributed by atoms with Crippen LogP contribution in [0.2, 0.25) is 0 Å². The molecule has 31 heavy (non-hydrogen) atoms. The molecule has 3 rings (SSSR count). The number of hydrogen-bond donors (Lipinski definition) is 2. The molecule has 2 N–H and O–H groups in total. The highest BCUT2D eigenvalue weighted by Crippen LogP contribution is 2.18. The first-order chi connectivity index (χ1) is 15.1. The molecule has 1 aliphatic rings. The largest absolute Gasteiger partial charge is 0.449 e. The smallest absolute Gasteiger partial charge is 0.338 e. The van der Waals surface area contributed by atoms with Gasteiger partial charge in [0.15, 0.2) is 6.10 Å². The Balaban J connectivity index is 1.53. The van der Waals surface area contributed by atoms with Gasteiger partial charge in [-0.25, -0.2) is 4.79 Å². The summed E-state index contributed by atoms with van der Waals surface area (Å²) in [6, 6.07) is 17.2. The summed E-state index contributed by atoms with van der Waals surface area (Å²) in [5.74, 6) is -0.775. The van der Waals surface area contributed by atoms with Gasteiger partial charge in [-0.2, -0.15) is 0 Å². The quantitative estimate of drug-likeness (QED) is 0.605. The van der Waals surface area contributed by atoms with Crippen LogP contribution in [0.15, 0.2) is 54.6 Å². The molecule has 0 aromatic heterocycles. The van der Waals surface area contributed by atoms with Gasteiger partial charge in [0.05, 0.1) is 24.8 Å². The van der Waals surface area contributed by atoms with Crippen LogP contribution in [0.25, 0.3) is 0 Å². The van der Waals surface area contributed by atoms with E-state index in [9.17, 15) is 9.59 Å². The lowest BCUT2D eigenvalue weighted by molar-refractivity contribution is -0.921. The third-order valence-corrected chi connectivity index (χ3v) is 5.59. The maximum Gasteiger partial charge on any atom is 0.338 e. The molecule has 1 aliphatic heterocycles. The topological polar surface area (TPSA) is 69.1 Å². The average molecular weight is 426 g/mol. The molecule has 0 bridgehead atoms. The van der Waals surface area contributed by atoms with E-state index in [2.05, 4.69) is 12.2 Å². The van der Waals surface area contributed by atoms with Crippen LogP contribution in [0.1, 0.15) is 54.2 Å². The molecule has 0 spiro atoms. The highest BCUT2D eigenvalue weighted by Gasteiger charge is 2.22. The van der Waals surface area contributed by atoms with Gasteiger partial charge in [-0.05, 0) is 31.0 Å². The summed E-state index contributed by atoms with van der Waals surface area (Å²) in [6.07, 6.45) is 0.892. The highest BCUT2D eigenvalue weighted by atomic mass is 16.5. The van der Waals surface area contributed by atoms with Crippen molar-refractivity contribution in [2.24, 2.45) is 0 Å². The fraction of sp³-hybridized carbons (Fsp3) is 0.440. The van der Waals surface area contributed by atoms with Crippen LogP contribution in [0.3, 0.4) is 0 Å². The number of amides is 1. The molecular formula is C25H33N2O4+. The molecule has 2 aromatic carbocycles. The van der Waals surface area contributed by atoms with Crippen molar-refractivity contribution in [3.63, 3.8) is 0 Å². The predicted molar refractivity (Wildman–Crippen MR) is 119 cm³/mol. The van der Waals surface area contributed by atoms with Crippen LogP contribution < -0.4 is 10.2 Å². The molecule has 6 nitrogen and oxygen atoms in total. The number of morpholine rings is 1. The standard InChI is InChI=1S/C25H32N2O4/c1-3-7-23(21-8-5-4-6-9-21)26-24(28)19(2)31-25(29)22-12-10-20(11-13-22)18-27-14-16-30-17-15-27/h4-6,8-13,19,23H,3,7,14-18H2,1-2H3,(H,26,28)/p+1/t19-,23+/m1/s1. The number of carbonyl (C=O) groups excluding carboxylic acids is 2. The van der Waals surface area contributed by atoms with Crippen molar-refractivity contribution >= 4 is 11.9 Å². The number of hydrogen-bond acceptors (Lipinski definition) is 4. The third kappa shape index (κ3) is 6.91. The molecule has 6 heteroatoms. The second-order valence-electron chi connectivity index (χ2n) is 8.04. The van der Waals surface area contributed by atoms with Crippen LogP contribution >= 0.6 is 0 Å². The lowest BCUT2D eigenvalue weighted by Crippen LogP contribution is -3.12. The number of benzene rings is 2. The van der Waals surface area contributed by atoms with Gasteiger partial charge in [0.1, 0.15) is 19.6 Å². The Morgan fingerprint density at radius 2 is 1.74 bits per heavy atom. The van der Waals surface area contributed by atoms with Gasteiger partial charge in [0.2, 0.25) is 0 Å². The monoisotopic (exact) mass is 425 g/mol. The van der Waals surface area contributed by atoms with Gasteiger partial charge >= 0.3 is 5.97 Å². The Morgan fingerprint density at radius 1 is 1.06 bits per heavy atom. The predicted octanol–water partition coefficient (Wildman–Crippen LogP) is 2.30. The summed E-state index contributed by atoms with van der Waals surface area (Å²) in [6.45, 7) is 8.19. The normalized spacial score (nSPS) is 16.3. The Kier molecular flexibility index (Phi) is 8.62. The van der Waals surface area contributed by atoms with E-state index in [4.69, 9.17) is 9.47 Å². The van der Waals surface area contributed by atoms with Crippen LogP contribution in [-0.4, -0.2) is 44.3 Å². The fourth-order valence-electron chi connectivity index (χ4n) is 3.75. The number of carbonyl (C=O) groups is 2. The van der Waals surface area contributed by atoms with E-state index in [1.54, 1.807) is 19.1 Å². The van der Waals surface area contributed by atoms with Gasteiger partial charge in [0, 0.05) is 5.56 Å². The number of rotatable bonds is 9. The summed E-state index contributed by atoms with van der Waals surface area (Å²) >= 11 is 0. The second-order valence-corrected chi connectivity index (χ2v) is 8.04. The van der Waals surface area contributed by atoms with Crippen molar-refractivity contribution in [1.29, 1.82) is 0 Å². The minimum atomic E-state index is -0.868. The maximum absolute atomic E-state index is 12.6. The van der Waals surface area contributed by atoms with Crippen molar-refractivity contribution in [2.75, 3.05) is 26.3 Å². The van der Waals surface area contributed by atoms with E-state index in [1.165, 1.54) is 10.5 Å². The molecule has 2 aromatic rings. The lowest BCUT2D eigenvalue weighted by Gasteiger charge is -2.23. The summed E-state index contributed by atoms with van der Waals surface area (Å²) in [5, 5.41) is 3.02. The summed E-state index contributed by atoms with van der Waals surface area (Å²) in [7, 11) is 0. The molecule has 0 aliphatic carbocycles. The van der Waals surface area contributed by atoms with E-state index in [1.807, 2.05) is 42.5 Å². The zero-order valence-electron chi connectivity index (χ0n) is 18.4. The van der Waals surface area contributed by atoms with E-state index < -0.39 is 12.1 Å². The molecular weight excluding hydrogens is 392 g/mol. The Hall–Kier alpha value is -2.70. The number of nitrogens with one attached hydrogen (secondary N) is 2. The Bertz CT molecular complexity index is 832.